The molecule has 0 aliphatic carbocycles. The van der Waals surface area contributed by atoms with E-state index < -0.39 is 23.1 Å². The van der Waals surface area contributed by atoms with E-state index in [0.717, 1.165) is 5.69 Å². The van der Waals surface area contributed by atoms with E-state index in [4.69, 9.17) is 4.74 Å². The minimum absolute atomic E-state index is 0.00275. The van der Waals surface area contributed by atoms with E-state index in [1.807, 2.05) is 6.07 Å². The van der Waals surface area contributed by atoms with Crippen molar-refractivity contribution in [2.45, 2.75) is 49.8 Å². The lowest BCUT2D eigenvalue weighted by Gasteiger charge is -2.47. The number of methoxy groups -OCH3 is 1. The van der Waals surface area contributed by atoms with Gasteiger partial charge in [0.2, 0.25) is 0 Å². The molecule has 2 aliphatic rings. The number of fused-ring (bicyclic) bond motifs is 2. The normalized spacial score (nSPS) is 29.8. The summed E-state index contributed by atoms with van der Waals surface area (Å²) in [4.78, 5) is 8.37. The third kappa shape index (κ3) is 3.40. The van der Waals surface area contributed by atoms with Crippen LogP contribution >= 0.6 is 0 Å². The Labute approximate surface area is 195 Å². The van der Waals surface area contributed by atoms with E-state index >= 15 is 0 Å². The molecule has 4 heterocycles. The molecule has 0 spiro atoms. The Morgan fingerprint density at radius 3 is 2.71 bits per heavy atom. The highest BCUT2D eigenvalue weighted by Crippen LogP contribution is 2.55. The number of hydrogen-bond donors (Lipinski definition) is 2. The summed E-state index contributed by atoms with van der Waals surface area (Å²) in [6.45, 7) is 7.48. The molecule has 0 amide bonds. The van der Waals surface area contributed by atoms with Crippen LogP contribution in [0, 0.1) is 5.92 Å². The van der Waals surface area contributed by atoms with Crippen LogP contribution in [0.25, 0.3) is 22.6 Å². The number of benzene rings is 1. The summed E-state index contributed by atoms with van der Waals surface area (Å²) in [5, 5.41) is 22.1. The van der Waals surface area contributed by atoms with Crippen LogP contribution in [-0.2, 0) is 4.74 Å². The number of piperidine rings is 1. The quantitative estimate of drug-likeness (QED) is 0.590. The number of phenolic OH excluding ortho intramolecular Hbond substituents is 1. The summed E-state index contributed by atoms with van der Waals surface area (Å²) < 4.78 is 37.2. The number of nitrogens with zero attached hydrogens (tertiary/aromatic N) is 5. The Kier molecular flexibility index (Phi) is 5.07. The number of rotatable bonds is 5. The molecule has 8 nitrogen and oxygen atoms in total. The van der Waals surface area contributed by atoms with Crippen LogP contribution in [0.1, 0.15) is 32.4 Å². The van der Waals surface area contributed by atoms with Gasteiger partial charge in [-0.25, -0.2) is 18.7 Å². The number of alkyl halides is 2. The molecule has 34 heavy (non-hydrogen) atoms. The summed E-state index contributed by atoms with van der Waals surface area (Å²) in [5.41, 5.74) is -0.155. The van der Waals surface area contributed by atoms with Crippen LogP contribution in [0.4, 0.5) is 8.78 Å². The fraction of sp³-hybridized carbons (Fsp3) is 0.417. The number of phenols is 1. The minimum atomic E-state index is -2.87. The number of nitrogens with one attached hydrogen (secondary N) is 1. The van der Waals surface area contributed by atoms with Gasteiger partial charge in [-0.15, -0.1) is 10.2 Å². The van der Waals surface area contributed by atoms with Crippen LogP contribution in [0.2, 0.25) is 0 Å². The van der Waals surface area contributed by atoms with Gasteiger partial charge in [0.05, 0.1) is 35.4 Å². The third-order valence-electron chi connectivity index (χ3n) is 7.20. The van der Waals surface area contributed by atoms with Crippen LogP contribution < -0.4 is 5.32 Å². The second kappa shape index (κ2) is 7.64. The van der Waals surface area contributed by atoms with Gasteiger partial charge < -0.3 is 14.4 Å². The second-order valence-corrected chi connectivity index (χ2v) is 9.59. The summed E-state index contributed by atoms with van der Waals surface area (Å²) in [7, 11) is 1.53. The van der Waals surface area contributed by atoms with Crippen molar-refractivity contribution < 1.29 is 18.6 Å². The summed E-state index contributed by atoms with van der Waals surface area (Å²) >= 11 is 0. The number of aromatic hydroxyl groups is 1. The molecule has 2 N–H and O–H groups in total. The van der Waals surface area contributed by atoms with Gasteiger partial charge in [0.25, 0.3) is 5.92 Å². The number of aromatic nitrogens is 5. The molecular formula is C24H26F2N6O2. The molecule has 2 fully saturated rings. The topological polar surface area (TPSA) is 98.0 Å². The number of hydrogen-bond acceptors (Lipinski definition) is 7. The summed E-state index contributed by atoms with van der Waals surface area (Å²) in [6, 6.07) is 5.09. The maximum atomic E-state index is 14.9. The number of ether oxygens (including phenoxy) is 1. The van der Waals surface area contributed by atoms with Gasteiger partial charge in [0.15, 0.2) is 5.82 Å². The van der Waals surface area contributed by atoms with E-state index in [1.54, 1.807) is 49.3 Å². The molecule has 4 atom stereocenters. The molecule has 10 heteroatoms. The molecule has 5 rings (SSSR count). The Bertz CT molecular complexity index is 1230. The van der Waals surface area contributed by atoms with E-state index in [2.05, 4.69) is 32.1 Å². The Balaban J connectivity index is 1.41. The molecule has 2 aromatic heterocycles. The lowest BCUT2D eigenvalue weighted by molar-refractivity contribution is -0.0653. The van der Waals surface area contributed by atoms with Gasteiger partial charge in [-0.05, 0) is 38.0 Å². The predicted octanol–water partition coefficient (Wildman–Crippen LogP) is 3.62. The molecule has 0 unspecified atom stereocenters. The fourth-order valence-corrected chi connectivity index (χ4v) is 5.53. The van der Waals surface area contributed by atoms with Gasteiger partial charge in [-0.2, -0.15) is 0 Å². The molecule has 178 valence electrons. The van der Waals surface area contributed by atoms with Gasteiger partial charge in [-0.3, -0.25) is 5.32 Å². The first-order valence-corrected chi connectivity index (χ1v) is 11.0. The monoisotopic (exact) mass is 468 g/mol. The fourth-order valence-electron chi connectivity index (χ4n) is 5.53. The van der Waals surface area contributed by atoms with Crippen LogP contribution in [-0.4, -0.2) is 60.1 Å². The van der Waals surface area contributed by atoms with Crippen molar-refractivity contribution in [1.29, 1.82) is 0 Å². The van der Waals surface area contributed by atoms with Crippen LogP contribution in [0.3, 0.4) is 0 Å². The molecule has 0 saturated carbocycles. The van der Waals surface area contributed by atoms with Crippen molar-refractivity contribution in [3.63, 3.8) is 0 Å². The van der Waals surface area contributed by atoms with Gasteiger partial charge in [0, 0.05) is 43.4 Å². The Hall–Kier alpha value is -3.24. The van der Waals surface area contributed by atoms with Crippen molar-refractivity contribution in [1.82, 2.24) is 30.0 Å². The van der Waals surface area contributed by atoms with Crippen molar-refractivity contribution in [3.8, 4) is 22.8 Å². The van der Waals surface area contributed by atoms with Crippen LogP contribution in [0.15, 0.2) is 49.7 Å². The van der Waals surface area contributed by atoms with Gasteiger partial charge >= 0.3 is 0 Å². The average molecular weight is 469 g/mol. The van der Waals surface area contributed by atoms with E-state index in [0.29, 0.717) is 16.8 Å². The van der Waals surface area contributed by atoms with Gasteiger partial charge in [-0.1, -0.05) is 6.58 Å². The third-order valence-corrected chi connectivity index (χ3v) is 7.20. The molecule has 2 saturated heterocycles. The lowest BCUT2D eigenvalue weighted by atomic mass is 9.73. The molecular weight excluding hydrogens is 442 g/mol. The first-order valence-electron chi connectivity index (χ1n) is 11.0. The minimum Gasteiger partial charge on any atom is -0.507 e. The first kappa shape index (κ1) is 22.5. The maximum Gasteiger partial charge on any atom is 0.267 e. The predicted molar refractivity (Wildman–Crippen MR) is 121 cm³/mol. The summed E-state index contributed by atoms with van der Waals surface area (Å²) in [6.07, 6.45) is 5.87. The molecule has 2 aliphatic heterocycles. The van der Waals surface area contributed by atoms with E-state index in [9.17, 15) is 13.9 Å². The Morgan fingerprint density at radius 1 is 1.29 bits per heavy atom. The van der Waals surface area contributed by atoms with Crippen molar-refractivity contribution in [3.05, 3.63) is 55.4 Å². The number of halogens is 2. The largest absolute Gasteiger partial charge is 0.507 e. The summed E-state index contributed by atoms with van der Waals surface area (Å²) in [5.74, 6) is -3.02. The molecule has 3 aromatic rings. The highest BCUT2D eigenvalue weighted by Gasteiger charge is 2.68. The second-order valence-electron chi connectivity index (χ2n) is 9.59. The Morgan fingerprint density at radius 2 is 2.09 bits per heavy atom. The zero-order chi connectivity index (χ0) is 24.3. The zero-order valence-electron chi connectivity index (χ0n) is 19.2. The molecule has 0 radical (unpaired) electrons. The van der Waals surface area contributed by atoms with Crippen molar-refractivity contribution in [2.24, 2.45) is 5.92 Å². The van der Waals surface area contributed by atoms with Crippen LogP contribution in [0.5, 0.6) is 5.75 Å². The van der Waals surface area contributed by atoms with E-state index in [-0.39, 0.29) is 30.3 Å². The number of imidazole rings is 1. The SMILES string of the molecule is C=C(c1cnc(-c2ccc(-n3ccnc3)cc2O)nn1)[C@H]1C[C@@]2(C)N[C@](C)(CC2(F)F)[C@@H]1OC. The highest BCUT2D eigenvalue weighted by molar-refractivity contribution is 5.67. The maximum absolute atomic E-state index is 14.9. The first-order chi connectivity index (χ1) is 16.1. The van der Waals surface area contributed by atoms with Crippen molar-refractivity contribution >= 4 is 5.57 Å². The van der Waals surface area contributed by atoms with E-state index in [1.165, 1.54) is 13.3 Å². The highest BCUT2D eigenvalue weighted by atomic mass is 19.3. The standard InChI is InChI=1S/C24H26F2N6O2/c1-14(17-10-23(3)24(25,26)12-22(2,31-23)20(17)34-4)18-11-28-21(30-29-18)16-6-5-15(9-19(16)33)32-8-7-27-13-32/h5-9,11,13,17,20,31,33H,1,10,12H2,2-4H3/t17-,20-,22-,23-/m1/s1. The lowest BCUT2D eigenvalue weighted by Crippen LogP contribution is -2.64. The molecule has 1 aromatic carbocycles. The van der Waals surface area contributed by atoms with Crippen molar-refractivity contribution in [2.75, 3.05) is 7.11 Å². The van der Waals surface area contributed by atoms with Gasteiger partial charge in [0.1, 0.15) is 11.4 Å². The average Bonchev–Trinajstić information content (AvgIpc) is 3.37. The molecule has 2 bridgehead atoms. The smallest absolute Gasteiger partial charge is 0.267 e. The zero-order valence-corrected chi connectivity index (χ0v) is 19.2.